The van der Waals surface area contributed by atoms with Crippen LogP contribution in [0.3, 0.4) is 0 Å². The van der Waals surface area contributed by atoms with Gasteiger partial charge in [0.2, 0.25) is 5.91 Å². The summed E-state index contributed by atoms with van der Waals surface area (Å²) in [6, 6.07) is 11.1. The first-order valence-electron chi connectivity index (χ1n) is 9.35. The maximum Gasteiger partial charge on any atom is 0.416 e. The molecule has 0 bridgehead atoms. The first kappa shape index (κ1) is 20.2. The fraction of sp³-hybridized carbons (Fsp3) is 0.409. The quantitative estimate of drug-likeness (QED) is 0.732. The molecule has 2 aromatic rings. The number of nitrogens with one attached hydrogen (secondary N) is 1. The minimum atomic E-state index is -4.31. The molecule has 1 heterocycles. The molecule has 3 rings (SSSR count). The predicted octanol–water partition coefficient (Wildman–Crippen LogP) is 5.64. The van der Waals surface area contributed by atoms with Crippen molar-refractivity contribution < 1.29 is 18.0 Å². The van der Waals surface area contributed by atoms with Gasteiger partial charge in [0.1, 0.15) is 0 Å². The summed E-state index contributed by atoms with van der Waals surface area (Å²) in [5.74, 6) is -0.00735. The van der Waals surface area contributed by atoms with Crippen molar-refractivity contribution in [3.8, 4) is 0 Å². The third-order valence-corrected chi connectivity index (χ3v) is 4.70. The molecule has 2 aromatic carbocycles. The summed E-state index contributed by atoms with van der Waals surface area (Å²) in [5.41, 5.74) is 3.12. The van der Waals surface area contributed by atoms with Crippen molar-refractivity contribution in [1.82, 2.24) is 0 Å². The summed E-state index contributed by atoms with van der Waals surface area (Å²) < 4.78 is 38.1. The lowest BCUT2D eigenvalue weighted by molar-refractivity contribution is -0.137. The van der Waals surface area contributed by atoms with Crippen molar-refractivity contribution in [3.05, 3.63) is 59.2 Å². The van der Waals surface area contributed by atoms with Crippen molar-refractivity contribution in [2.75, 3.05) is 16.8 Å². The van der Waals surface area contributed by atoms with Crippen molar-refractivity contribution >= 4 is 17.3 Å². The fourth-order valence-electron chi connectivity index (χ4n) is 3.42. The number of carbonyl (C=O) groups is 1. The molecule has 1 amide bonds. The second-order valence-electron chi connectivity index (χ2n) is 8.50. The predicted molar refractivity (Wildman–Crippen MR) is 105 cm³/mol. The van der Waals surface area contributed by atoms with E-state index in [1.165, 1.54) is 12.1 Å². The van der Waals surface area contributed by atoms with Gasteiger partial charge in [0.15, 0.2) is 0 Å². The highest BCUT2D eigenvalue weighted by Crippen LogP contribution is 2.33. The van der Waals surface area contributed by atoms with Crippen LogP contribution in [0.4, 0.5) is 24.5 Å². The molecule has 0 atom stereocenters. The normalized spacial score (nSPS) is 14.1. The highest BCUT2D eigenvalue weighted by atomic mass is 19.4. The van der Waals surface area contributed by atoms with Gasteiger partial charge in [0, 0.05) is 30.9 Å². The number of halogens is 3. The first-order valence-corrected chi connectivity index (χ1v) is 9.35. The van der Waals surface area contributed by atoms with Gasteiger partial charge < -0.3 is 10.2 Å². The van der Waals surface area contributed by atoms with Gasteiger partial charge in [-0.2, -0.15) is 13.2 Å². The summed E-state index contributed by atoms with van der Waals surface area (Å²) >= 11 is 0. The summed E-state index contributed by atoms with van der Waals surface area (Å²) in [6.07, 6.45) is -3.02. The summed E-state index contributed by atoms with van der Waals surface area (Å²) in [6.45, 7) is 7.42. The van der Waals surface area contributed by atoms with Gasteiger partial charge in [-0.25, -0.2) is 0 Å². The smallest absolute Gasteiger partial charge is 0.367 e. The van der Waals surface area contributed by atoms with Crippen LogP contribution in [-0.4, -0.2) is 12.5 Å². The number of carbonyl (C=O) groups excluding carboxylic acids is 1. The number of amides is 1. The van der Waals surface area contributed by atoms with Crippen LogP contribution in [0.2, 0.25) is 0 Å². The van der Waals surface area contributed by atoms with Crippen LogP contribution in [0.1, 0.15) is 43.9 Å². The van der Waals surface area contributed by atoms with E-state index in [9.17, 15) is 18.0 Å². The van der Waals surface area contributed by atoms with Crippen LogP contribution in [0.25, 0.3) is 0 Å². The zero-order valence-corrected chi connectivity index (χ0v) is 16.4. The van der Waals surface area contributed by atoms with Crippen LogP contribution in [-0.2, 0) is 23.9 Å². The maximum atomic E-state index is 12.7. The summed E-state index contributed by atoms with van der Waals surface area (Å²) in [7, 11) is 0. The van der Waals surface area contributed by atoms with Gasteiger partial charge in [-0.05, 0) is 53.3 Å². The Bertz CT molecular complexity index is 852. The topological polar surface area (TPSA) is 32.3 Å². The molecule has 0 radical (unpaired) electrons. The van der Waals surface area contributed by atoms with Crippen LogP contribution in [0.5, 0.6) is 0 Å². The number of hydrogen-bond acceptors (Lipinski definition) is 2. The Morgan fingerprint density at radius 3 is 2.36 bits per heavy atom. The van der Waals surface area contributed by atoms with Gasteiger partial charge >= 0.3 is 6.18 Å². The lowest BCUT2D eigenvalue weighted by Crippen LogP contribution is -2.20. The average Bonchev–Trinajstić information content (AvgIpc) is 2.95. The van der Waals surface area contributed by atoms with E-state index < -0.39 is 11.7 Å². The Balaban J connectivity index is 1.67. The Labute approximate surface area is 163 Å². The minimum Gasteiger partial charge on any atom is -0.367 e. The molecule has 0 aromatic heterocycles. The van der Waals surface area contributed by atoms with Crippen molar-refractivity contribution in [3.63, 3.8) is 0 Å². The van der Waals surface area contributed by atoms with Gasteiger partial charge in [-0.15, -0.1) is 0 Å². The molecule has 3 nitrogen and oxygen atoms in total. The Morgan fingerprint density at radius 1 is 1.07 bits per heavy atom. The lowest BCUT2D eigenvalue weighted by Gasteiger charge is -2.20. The second-order valence-corrected chi connectivity index (χ2v) is 8.50. The molecule has 1 N–H and O–H groups in total. The Morgan fingerprint density at radius 2 is 1.75 bits per heavy atom. The molecule has 0 aliphatic carbocycles. The maximum absolute atomic E-state index is 12.7. The largest absolute Gasteiger partial charge is 0.416 e. The highest BCUT2D eigenvalue weighted by Gasteiger charge is 2.30. The summed E-state index contributed by atoms with van der Waals surface area (Å²) in [5, 5.41) is 2.95. The lowest BCUT2D eigenvalue weighted by atomic mass is 9.92. The number of nitrogens with zero attached hydrogens (tertiary/aromatic N) is 1. The monoisotopic (exact) mass is 390 g/mol. The van der Waals surface area contributed by atoms with Crippen LogP contribution in [0.15, 0.2) is 42.5 Å². The molecule has 0 saturated heterocycles. The molecule has 28 heavy (non-hydrogen) atoms. The van der Waals surface area contributed by atoms with Crippen LogP contribution >= 0.6 is 0 Å². The second kappa shape index (κ2) is 7.49. The molecule has 1 aliphatic rings. The van der Waals surface area contributed by atoms with E-state index in [0.717, 1.165) is 47.6 Å². The molecule has 0 spiro atoms. The number of rotatable bonds is 4. The molecule has 6 heteroatoms. The van der Waals surface area contributed by atoms with Crippen LogP contribution < -0.4 is 10.2 Å². The van der Waals surface area contributed by atoms with Crippen LogP contribution in [0, 0.1) is 5.41 Å². The van der Waals surface area contributed by atoms with Gasteiger partial charge in [-0.1, -0.05) is 32.9 Å². The minimum absolute atomic E-state index is 0.00735. The Hall–Kier alpha value is -2.50. The molecule has 0 unspecified atom stereocenters. The van der Waals surface area contributed by atoms with Gasteiger partial charge in [-0.3, -0.25) is 4.79 Å². The fourth-order valence-corrected chi connectivity index (χ4v) is 3.42. The van der Waals surface area contributed by atoms with E-state index in [0.29, 0.717) is 13.0 Å². The van der Waals surface area contributed by atoms with Crippen molar-refractivity contribution in [2.24, 2.45) is 5.41 Å². The molecule has 150 valence electrons. The molecular weight excluding hydrogens is 365 g/mol. The zero-order valence-electron chi connectivity index (χ0n) is 16.4. The first-order chi connectivity index (χ1) is 13.0. The third-order valence-electron chi connectivity index (χ3n) is 4.70. The molecule has 1 aliphatic heterocycles. The third kappa shape index (κ3) is 5.06. The van der Waals surface area contributed by atoms with Gasteiger partial charge in [0.05, 0.1) is 5.56 Å². The number of benzene rings is 2. The zero-order chi connectivity index (χ0) is 20.5. The highest BCUT2D eigenvalue weighted by molar-refractivity contribution is 5.91. The number of anilines is 2. The van der Waals surface area contributed by atoms with E-state index >= 15 is 0 Å². The molecule has 0 saturated carbocycles. The average molecular weight is 390 g/mol. The Kier molecular flexibility index (Phi) is 5.41. The molecular formula is C22H25F3N2O. The number of hydrogen-bond donors (Lipinski definition) is 1. The van der Waals surface area contributed by atoms with E-state index in [1.807, 2.05) is 39.0 Å². The van der Waals surface area contributed by atoms with Crippen molar-refractivity contribution in [2.45, 2.75) is 46.3 Å². The number of fused-ring (bicyclic) bond motifs is 1. The summed E-state index contributed by atoms with van der Waals surface area (Å²) in [4.78, 5) is 14.3. The van der Waals surface area contributed by atoms with Gasteiger partial charge in [0.25, 0.3) is 0 Å². The van der Waals surface area contributed by atoms with E-state index in [4.69, 9.17) is 0 Å². The standard InChI is InChI=1S/C22H25F3N2O/c1-21(2,3)13-20(28)26-18-8-9-19-16(12-18)10-11-27(19)14-15-4-6-17(7-5-15)22(23,24)25/h4-9,12H,10-11,13-14H2,1-3H3,(H,26,28). The van der Waals surface area contributed by atoms with Crippen molar-refractivity contribution in [1.29, 1.82) is 0 Å². The molecule has 0 fully saturated rings. The SMILES string of the molecule is CC(C)(C)CC(=O)Nc1ccc2c(c1)CCN2Cc1ccc(C(F)(F)F)cc1. The van der Waals surface area contributed by atoms with E-state index in [-0.39, 0.29) is 11.3 Å². The van der Waals surface area contributed by atoms with E-state index in [2.05, 4.69) is 10.2 Å². The van der Waals surface area contributed by atoms with E-state index in [1.54, 1.807) is 0 Å². The number of alkyl halides is 3.